The number of aryl methyl sites for hydroxylation is 1. The minimum atomic E-state index is -4.14. The molecule has 7 nitrogen and oxygen atoms in total. The molecule has 0 spiro atoms. The highest BCUT2D eigenvalue weighted by molar-refractivity contribution is 9.10. The average Bonchev–Trinajstić information content (AvgIpc) is 2.89. The predicted molar refractivity (Wildman–Crippen MR) is 159 cm³/mol. The molecule has 208 valence electrons. The van der Waals surface area contributed by atoms with Gasteiger partial charge in [-0.3, -0.25) is 13.9 Å². The molecular formula is C29H33BrClN3O4S. The molecule has 0 aliphatic carbocycles. The first-order chi connectivity index (χ1) is 18.4. The Bertz CT molecular complexity index is 1400. The molecule has 10 heteroatoms. The van der Waals surface area contributed by atoms with Crippen LogP contribution in [0.1, 0.15) is 31.9 Å². The lowest BCUT2D eigenvalue weighted by atomic mass is 10.1. The molecule has 0 aliphatic heterocycles. The molecule has 0 saturated heterocycles. The molecule has 1 unspecified atom stereocenters. The van der Waals surface area contributed by atoms with Gasteiger partial charge in [-0.05, 0) is 67.8 Å². The van der Waals surface area contributed by atoms with Gasteiger partial charge in [-0.15, -0.1) is 0 Å². The number of anilines is 1. The van der Waals surface area contributed by atoms with Gasteiger partial charge >= 0.3 is 0 Å². The molecule has 3 aromatic rings. The highest BCUT2D eigenvalue weighted by Crippen LogP contribution is 2.27. The number of halogens is 2. The lowest BCUT2D eigenvalue weighted by Crippen LogP contribution is -2.51. The lowest BCUT2D eigenvalue weighted by Gasteiger charge is -2.32. The van der Waals surface area contributed by atoms with Crippen molar-refractivity contribution in [2.75, 3.05) is 17.4 Å². The summed E-state index contributed by atoms with van der Waals surface area (Å²) in [6.07, 6.45) is 0. The third-order valence-electron chi connectivity index (χ3n) is 6.10. The monoisotopic (exact) mass is 633 g/mol. The number of rotatable bonds is 11. The molecule has 0 aliphatic rings. The summed E-state index contributed by atoms with van der Waals surface area (Å²) >= 11 is 9.61. The van der Waals surface area contributed by atoms with E-state index in [9.17, 15) is 18.0 Å². The number of sulfonamides is 1. The fourth-order valence-electron chi connectivity index (χ4n) is 3.82. The molecule has 0 saturated carbocycles. The van der Waals surface area contributed by atoms with Crippen LogP contribution in [0.2, 0.25) is 5.02 Å². The van der Waals surface area contributed by atoms with E-state index < -0.39 is 28.5 Å². The van der Waals surface area contributed by atoms with Gasteiger partial charge in [0.25, 0.3) is 10.0 Å². The van der Waals surface area contributed by atoms with Crippen LogP contribution >= 0.6 is 27.5 Å². The highest BCUT2D eigenvalue weighted by Gasteiger charge is 2.32. The number of hydrogen-bond acceptors (Lipinski definition) is 4. The van der Waals surface area contributed by atoms with Gasteiger partial charge in [-0.2, -0.15) is 0 Å². The summed E-state index contributed by atoms with van der Waals surface area (Å²) in [4.78, 5) is 28.4. The van der Waals surface area contributed by atoms with Crippen molar-refractivity contribution in [1.29, 1.82) is 0 Å². The van der Waals surface area contributed by atoms with Gasteiger partial charge in [-0.1, -0.05) is 77.3 Å². The molecular weight excluding hydrogens is 602 g/mol. The third kappa shape index (κ3) is 8.30. The summed E-state index contributed by atoms with van der Waals surface area (Å²) in [6, 6.07) is 19.3. The number of carbonyl (C=O) groups is 2. The van der Waals surface area contributed by atoms with Gasteiger partial charge in [0.15, 0.2) is 0 Å². The number of hydrogen-bond donors (Lipinski definition) is 1. The smallest absolute Gasteiger partial charge is 0.264 e. The molecule has 0 radical (unpaired) electrons. The first-order valence-corrected chi connectivity index (χ1v) is 15.2. The highest BCUT2D eigenvalue weighted by atomic mass is 79.9. The molecule has 3 aromatic carbocycles. The van der Waals surface area contributed by atoms with E-state index in [2.05, 4.69) is 21.2 Å². The predicted octanol–water partition coefficient (Wildman–Crippen LogP) is 5.80. The van der Waals surface area contributed by atoms with Crippen LogP contribution in [0.15, 0.2) is 82.2 Å². The number of benzene rings is 3. The van der Waals surface area contributed by atoms with Crippen LogP contribution in [0.4, 0.5) is 5.69 Å². The van der Waals surface area contributed by atoms with Crippen molar-refractivity contribution < 1.29 is 18.0 Å². The van der Waals surface area contributed by atoms with Crippen LogP contribution in [-0.2, 0) is 26.2 Å². The summed E-state index contributed by atoms with van der Waals surface area (Å²) in [6.45, 7) is 7.53. The van der Waals surface area contributed by atoms with Crippen LogP contribution in [0.5, 0.6) is 0 Å². The van der Waals surface area contributed by atoms with Crippen molar-refractivity contribution in [2.24, 2.45) is 5.92 Å². The first-order valence-electron chi connectivity index (χ1n) is 12.5. The van der Waals surface area contributed by atoms with Crippen molar-refractivity contribution in [3.63, 3.8) is 0 Å². The molecule has 0 bridgehead atoms. The van der Waals surface area contributed by atoms with Crippen molar-refractivity contribution in [2.45, 2.75) is 45.2 Å². The van der Waals surface area contributed by atoms with Gasteiger partial charge in [0.05, 0.1) is 10.6 Å². The summed E-state index contributed by atoms with van der Waals surface area (Å²) in [5.41, 5.74) is 1.95. The summed E-state index contributed by atoms with van der Waals surface area (Å²) < 4.78 is 29.6. The van der Waals surface area contributed by atoms with E-state index >= 15 is 0 Å². The number of carbonyl (C=O) groups excluding carboxylic acids is 2. The first kappa shape index (κ1) is 30.7. The summed E-state index contributed by atoms with van der Waals surface area (Å²) in [5.74, 6) is -0.611. The van der Waals surface area contributed by atoms with E-state index in [1.807, 2.05) is 45.0 Å². The maximum Gasteiger partial charge on any atom is 0.264 e. The zero-order valence-electron chi connectivity index (χ0n) is 22.4. The van der Waals surface area contributed by atoms with Gasteiger partial charge < -0.3 is 10.2 Å². The largest absolute Gasteiger partial charge is 0.354 e. The van der Waals surface area contributed by atoms with E-state index in [1.54, 1.807) is 37.3 Å². The molecule has 3 rings (SSSR count). The third-order valence-corrected chi connectivity index (χ3v) is 8.65. The van der Waals surface area contributed by atoms with Crippen molar-refractivity contribution >= 4 is 55.1 Å². The quantitative estimate of drug-likeness (QED) is 0.289. The topological polar surface area (TPSA) is 86.8 Å². The fraction of sp³-hybridized carbons (Fsp3) is 0.310. The summed E-state index contributed by atoms with van der Waals surface area (Å²) in [7, 11) is -4.14. The van der Waals surface area contributed by atoms with Crippen LogP contribution in [0, 0.1) is 12.8 Å². The standard InChI is InChI=1S/C29H33BrClN3O4S/c1-20(2)17-32-29(36)22(4)33(18-23-10-12-24(30)13-11-23)28(35)19-34(26-7-5-6-25(31)16-26)39(37,38)27-14-8-21(3)9-15-27/h5-16,20,22H,17-19H2,1-4H3,(H,32,36). The Morgan fingerprint density at radius 1 is 0.974 bits per heavy atom. The number of amides is 2. The van der Waals surface area contributed by atoms with Crippen LogP contribution in [0.25, 0.3) is 0 Å². The second-order valence-corrected chi connectivity index (χ2v) is 13.0. The fourth-order valence-corrected chi connectivity index (χ4v) is 5.67. The maximum absolute atomic E-state index is 13.9. The normalized spacial score (nSPS) is 12.2. The number of nitrogens with one attached hydrogen (secondary N) is 1. The van der Waals surface area contributed by atoms with E-state index in [0.29, 0.717) is 11.6 Å². The zero-order chi connectivity index (χ0) is 28.7. The minimum Gasteiger partial charge on any atom is -0.354 e. The zero-order valence-corrected chi connectivity index (χ0v) is 25.6. The van der Waals surface area contributed by atoms with Gasteiger partial charge in [0.1, 0.15) is 12.6 Å². The second-order valence-electron chi connectivity index (χ2n) is 9.77. The van der Waals surface area contributed by atoms with Crippen molar-refractivity contribution in [1.82, 2.24) is 10.2 Å². The maximum atomic E-state index is 13.9. The SMILES string of the molecule is Cc1ccc(S(=O)(=O)N(CC(=O)N(Cc2ccc(Br)cc2)C(C)C(=O)NCC(C)C)c2cccc(Cl)c2)cc1. The summed E-state index contributed by atoms with van der Waals surface area (Å²) in [5, 5.41) is 3.21. The molecule has 0 aromatic heterocycles. The van der Waals surface area contributed by atoms with Crippen molar-refractivity contribution in [3.05, 3.63) is 93.4 Å². The molecule has 0 heterocycles. The Kier molecular flexibility index (Phi) is 10.6. The second kappa shape index (κ2) is 13.5. The number of nitrogens with zero attached hydrogens (tertiary/aromatic N) is 2. The van der Waals surface area contributed by atoms with E-state index in [0.717, 1.165) is 19.9 Å². The van der Waals surface area contributed by atoms with E-state index in [-0.39, 0.29) is 29.0 Å². The van der Waals surface area contributed by atoms with Gasteiger partial charge in [0, 0.05) is 22.6 Å². The van der Waals surface area contributed by atoms with Crippen molar-refractivity contribution in [3.8, 4) is 0 Å². The molecule has 2 amide bonds. The average molecular weight is 635 g/mol. The lowest BCUT2D eigenvalue weighted by molar-refractivity contribution is -0.139. The molecule has 1 atom stereocenters. The Balaban J connectivity index is 2.01. The van der Waals surface area contributed by atoms with Crippen LogP contribution in [0.3, 0.4) is 0 Å². The Labute approximate surface area is 244 Å². The minimum absolute atomic E-state index is 0.0445. The van der Waals surface area contributed by atoms with Crippen LogP contribution < -0.4 is 9.62 Å². The Morgan fingerprint density at radius 3 is 2.21 bits per heavy atom. The van der Waals surface area contributed by atoms with Gasteiger partial charge in [-0.25, -0.2) is 8.42 Å². The van der Waals surface area contributed by atoms with Crippen LogP contribution in [-0.4, -0.2) is 44.3 Å². The molecule has 1 N–H and O–H groups in total. The van der Waals surface area contributed by atoms with Gasteiger partial charge in [0.2, 0.25) is 11.8 Å². The molecule has 0 fully saturated rings. The molecule has 39 heavy (non-hydrogen) atoms. The van der Waals surface area contributed by atoms with E-state index in [1.165, 1.54) is 23.1 Å². The Hall–Kier alpha value is -2.88. The Morgan fingerprint density at radius 2 is 1.62 bits per heavy atom. The van der Waals surface area contributed by atoms with E-state index in [4.69, 9.17) is 11.6 Å².